The molecule has 0 aromatic heterocycles. The molecule has 0 aliphatic carbocycles. The molecule has 0 bridgehead atoms. The lowest BCUT2D eigenvalue weighted by Crippen LogP contribution is -2.82. The van der Waals surface area contributed by atoms with Crippen molar-refractivity contribution >= 4 is 40.5 Å². The summed E-state index contributed by atoms with van der Waals surface area (Å²) >= 11 is 10.2. The smallest absolute Gasteiger partial charge is 0.0726 e. The SMILES string of the molecule is CC[NH2+]CC.S=C([S-])N(c1ccccc1)c1ccccc1. The molecule has 0 heterocycles. The van der Waals surface area contributed by atoms with Gasteiger partial charge in [0.2, 0.25) is 0 Å². The van der Waals surface area contributed by atoms with Crippen LogP contribution in [0.3, 0.4) is 0 Å². The summed E-state index contributed by atoms with van der Waals surface area (Å²) in [7, 11) is 0. The van der Waals surface area contributed by atoms with E-state index in [1.807, 2.05) is 65.6 Å². The minimum absolute atomic E-state index is 0.428. The summed E-state index contributed by atoms with van der Waals surface area (Å²) in [6.07, 6.45) is 0. The van der Waals surface area contributed by atoms with Crippen molar-refractivity contribution in [2.75, 3.05) is 18.0 Å². The molecule has 0 atom stereocenters. The highest BCUT2D eigenvalue weighted by molar-refractivity contribution is 8.00. The van der Waals surface area contributed by atoms with Crippen molar-refractivity contribution < 1.29 is 5.32 Å². The predicted octanol–water partition coefficient (Wildman–Crippen LogP) is 3.25. The number of nitrogens with zero attached hydrogens (tertiary/aromatic N) is 1. The third kappa shape index (κ3) is 6.21. The van der Waals surface area contributed by atoms with Gasteiger partial charge in [-0.1, -0.05) is 40.7 Å². The van der Waals surface area contributed by atoms with E-state index in [1.165, 1.54) is 13.1 Å². The molecule has 0 spiro atoms. The summed E-state index contributed by atoms with van der Waals surface area (Å²) in [6.45, 7) is 6.75. The summed E-state index contributed by atoms with van der Waals surface area (Å²) in [5.41, 5.74) is 1.99. The fourth-order valence-electron chi connectivity index (χ4n) is 1.80. The van der Waals surface area contributed by atoms with Gasteiger partial charge < -0.3 is 35.1 Å². The first-order chi connectivity index (χ1) is 10.2. The topological polar surface area (TPSA) is 19.9 Å². The van der Waals surface area contributed by atoms with Crippen LogP contribution < -0.4 is 10.2 Å². The van der Waals surface area contributed by atoms with Crippen LogP contribution >= 0.6 is 12.2 Å². The predicted molar refractivity (Wildman–Crippen MR) is 98.0 cm³/mol. The second kappa shape index (κ2) is 10.3. The lowest BCUT2D eigenvalue weighted by Gasteiger charge is -2.28. The Kier molecular flexibility index (Phi) is 8.59. The second-order valence-electron chi connectivity index (χ2n) is 4.38. The van der Waals surface area contributed by atoms with E-state index in [0.29, 0.717) is 4.32 Å². The molecule has 0 fully saturated rings. The molecular weight excluding hydrogens is 296 g/mol. The lowest BCUT2D eigenvalue weighted by atomic mass is 10.2. The summed E-state index contributed by atoms with van der Waals surface area (Å²) in [4.78, 5) is 1.88. The molecule has 0 amide bonds. The largest absolute Gasteiger partial charge is 0.411 e. The van der Waals surface area contributed by atoms with Crippen LogP contribution in [0.2, 0.25) is 0 Å². The van der Waals surface area contributed by atoms with Crippen molar-refractivity contribution in [3.05, 3.63) is 60.7 Å². The zero-order valence-electron chi connectivity index (χ0n) is 12.5. The van der Waals surface area contributed by atoms with Crippen molar-refractivity contribution in [1.29, 1.82) is 0 Å². The number of rotatable bonds is 4. The molecule has 0 unspecified atom stereocenters. The number of hydrogen-bond acceptors (Lipinski definition) is 2. The van der Waals surface area contributed by atoms with E-state index >= 15 is 0 Å². The average molecular weight is 319 g/mol. The highest BCUT2D eigenvalue weighted by Crippen LogP contribution is 2.24. The Labute approximate surface area is 138 Å². The van der Waals surface area contributed by atoms with Crippen molar-refractivity contribution in [2.24, 2.45) is 0 Å². The Balaban J connectivity index is 0.000000383. The van der Waals surface area contributed by atoms with Crippen LogP contribution in [0, 0.1) is 0 Å². The van der Waals surface area contributed by atoms with E-state index in [-0.39, 0.29) is 0 Å². The van der Waals surface area contributed by atoms with E-state index in [0.717, 1.165) is 11.4 Å². The van der Waals surface area contributed by atoms with E-state index in [4.69, 9.17) is 24.8 Å². The van der Waals surface area contributed by atoms with Crippen molar-refractivity contribution in [1.82, 2.24) is 0 Å². The van der Waals surface area contributed by atoms with Crippen LogP contribution in [-0.4, -0.2) is 17.4 Å². The van der Waals surface area contributed by atoms with Crippen LogP contribution in [0.1, 0.15) is 13.8 Å². The molecule has 4 heteroatoms. The van der Waals surface area contributed by atoms with Gasteiger partial charge >= 0.3 is 0 Å². The number of para-hydroxylation sites is 2. The molecule has 0 saturated carbocycles. The number of thiocarbonyl (C=S) groups is 1. The Hall–Kier alpha value is -1.49. The van der Waals surface area contributed by atoms with Gasteiger partial charge in [0, 0.05) is 11.4 Å². The first kappa shape index (κ1) is 17.6. The van der Waals surface area contributed by atoms with Gasteiger partial charge in [0.05, 0.1) is 13.1 Å². The standard InChI is InChI=1S/C13H11NS2.C4H11N/c15-13(16)14(11-7-3-1-4-8-11)12-9-5-2-6-10-12;1-3-5-4-2/h1-10H,(H,15,16);5H,3-4H2,1-2H3. The molecule has 2 aromatic carbocycles. The van der Waals surface area contributed by atoms with Gasteiger partial charge in [0.25, 0.3) is 0 Å². The van der Waals surface area contributed by atoms with Gasteiger partial charge in [-0.15, -0.1) is 0 Å². The van der Waals surface area contributed by atoms with E-state index in [1.54, 1.807) is 0 Å². The van der Waals surface area contributed by atoms with Crippen LogP contribution in [-0.2, 0) is 12.6 Å². The fourth-order valence-corrected chi connectivity index (χ4v) is 2.22. The van der Waals surface area contributed by atoms with Gasteiger partial charge in [-0.3, -0.25) is 0 Å². The number of quaternary nitrogens is 1. The molecule has 2 N–H and O–H groups in total. The molecule has 2 nitrogen and oxygen atoms in total. The number of anilines is 2. The third-order valence-corrected chi connectivity index (χ3v) is 3.15. The summed E-state index contributed by atoms with van der Waals surface area (Å²) in [6, 6.07) is 19.8. The van der Waals surface area contributed by atoms with Gasteiger partial charge in [-0.2, -0.15) is 0 Å². The van der Waals surface area contributed by atoms with Crippen molar-refractivity contribution in [3.63, 3.8) is 0 Å². The zero-order valence-corrected chi connectivity index (χ0v) is 14.2. The minimum atomic E-state index is 0.428. The second-order valence-corrected chi connectivity index (χ2v) is 5.41. The highest BCUT2D eigenvalue weighted by atomic mass is 32.1. The Bertz CT molecular complexity index is 473. The fraction of sp³-hybridized carbons (Fsp3) is 0.235. The van der Waals surface area contributed by atoms with Gasteiger partial charge in [0.1, 0.15) is 0 Å². The first-order valence-corrected chi connectivity index (χ1v) is 7.95. The molecule has 2 rings (SSSR count). The van der Waals surface area contributed by atoms with Crippen molar-refractivity contribution in [2.45, 2.75) is 13.8 Å². The number of hydrogen-bond donors (Lipinski definition) is 1. The molecule has 0 aliphatic rings. The summed E-state index contributed by atoms with van der Waals surface area (Å²) < 4.78 is 0.428. The Morgan fingerprint density at radius 3 is 1.52 bits per heavy atom. The zero-order chi connectivity index (χ0) is 15.5. The van der Waals surface area contributed by atoms with Gasteiger partial charge in [0.15, 0.2) is 0 Å². The quantitative estimate of drug-likeness (QED) is 0.690. The third-order valence-electron chi connectivity index (χ3n) is 2.79. The van der Waals surface area contributed by atoms with Gasteiger partial charge in [-0.25, -0.2) is 0 Å². The molecule has 112 valence electrons. The van der Waals surface area contributed by atoms with Crippen LogP contribution in [0.25, 0.3) is 0 Å². The average Bonchev–Trinajstić information content (AvgIpc) is 2.51. The maximum absolute atomic E-state index is 5.12. The van der Waals surface area contributed by atoms with E-state index in [2.05, 4.69) is 19.2 Å². The lowest BCUT2D eigenvalue weighted by molar-refractivity contribution is -0.648. The molecule has 2 aromatic rings. The van der Waals surface area contributed by atoms with Crippen molar-refractivity contribution in [3.8, 4) is 0 Å². The molecule has 21 heavy (non-hydrogen) atoms. The monoisotopic (exact) mass is 318 g/mol. The Morgan fingerprint density at radius 2 is 1.29 bits per heavy atom. The molecule has 0 aliphatic heterocycles. The molecule has 0 radical (unpaired) electrons. The maximum atomic E-state index is 5.12. The highest BCUT2D eigenvalue weighted by Gasteiger charge is 2.05. The van der Waals surface area contributed by atoms with Gasteiger partial charge in [-0.05, 0) is 38.1 Å². The maximum Gasteiger partial charge on any atom is 0.0726 e. The van der Waals surface area contributed by atoms with Crippen LogP contribution in [0.5, 0.6) is 0 Å². The van der Waals surface area contributed by atoms with Crippen LogP contribution in [0.4, 0.5) is 11.4 Å². The molecule has 0 saturated heterocycles. The normalized spacial score (nSPS) is 9.43. The minimum Gasteiger partial charge on any atom is -0.411 e. The van der Waals surface area contributed by atoms with E-state index in [9.17, 15) is 0 Å². The first-order valence-electron chi connectivity index (χ1n) is 7.13. The number of benzene rings is 2. The summed E-state index contributed by atoms with van der Waals surface area (Å²) in [5.74, 6) is 0. The Morgan fingerprint density at radius 1 is 0.905 bits per heavy atom. The molecular formula is C17H22N2S2. The van der Waals surface area contributed by atoms with E-state index < -0.39 is 0 Å². The summed E-state index contributed by atoms with van der Waals surface area (Å²) in [5, 5.41) is 2.25. The van der Waals surface area contributed by atoms with Crippen LogP contribution in [0.15, 0.2) is 60.7 Å². The number of nitrogens with two attached hydrogens (primary N) is 1.